The number of nitrogens with zero attached hydrogens (tertiary/aromatic N) is 1. The summed E-state index contributed by atoms with van der Waals surface area (Å²) in [5.41, 5.74) is -0.227. The molecule has 3 N–H and O–H groups in total. The highest BCUT2D eigenvalue weighted by Gasteiger charge is 2.21. The SMILES string of the molecule is CC(C)(CCNS(=O)(=O)c1ccn[nH]1)CCC(=O)O. The molecule has 0 spiro atoms. The maximum absolute atomic E-state index is 11.8. The monoisotopic (exact) mass is 289 g/mol. The fourth-order valence-electron chi connectivity index (χ4n) is 1.56. The molecule has 0 aliphatic heterocycles. The van der Waals surface area contributed by atoms with Crippen LogP contribution in [-0.4, -0.2) is 36.2 Å². The standard InChI is InChI=1S/C11H19N3O4S/c1-11(2,5-3-10(15)16)6-8-13-19(17,18)9-4-7-12-14-9/h4,7,13H,3,5-6,8H2,1-2H3,(H,12,14)(H,15,16). The van der Waals surface area contributed by atoms with Crippen molar-refractivity contribution in [1.82, 2.24) is 14.9 Å². The normalized spacial score (nSPS) is 12.5. The van der Waals surface area contributed by atoms with Gasteiger partial charge in [0.15, 0.2) is 5.03 Å². The van der Waals surface area contributed by atoms with E-state index in [-0.39, 0.29) is 23.4 Å². The molecule has 108 valence electrons. The number of sulfonamides is 1. The maximum Gasteiger partial charge on any atom is 0.303 e. The first kappa shape index (κ1) is 15.6. The van der Waals surface area contributed by atoms with Gasteiger partial charge in [-0.2, -0.15) is 5.10 Å². The summed E-state index contributed by atoms with van der Waals surface area (Å²) in [6, 6.07) is 1.37. The van der Waals surface area contributed by atoms with Crippen molar-refractivity contribution < 1.29 is 18.3 Å². The zero-order valence-electron chi connectivity index (χ0n) is 11.0. The largest absolute Gasteiger partial charge is 0.481 e. The summed E-state index contributed by atoms with van der Waals surface area (Å²) >= 11 is 0. The summed E-state index contributed by atoms with van der Waals surface area (Å²) in [7, 11) is -3.56. The minimum Gasteiger partial charge on any atom is -0.481 e. The second kappa shape index (κ2) is 6.16. The quantitative estimate of drug-likeness (QED) is 0.660. The first-order valence-electron chi connectivity index (χ1n) is 5.94. The van der Waals surface area contributed by atoms with Crippen LogP contribution >= 0.6 is 0 Å². The van der Waals surface area contributed by atoms with Crippen LogP contribution in [0.2, 0.25) is 0 Å². The summed E-state index contributed by atoms with van der Waals surface area (Å²) in [6.45, 7) is 4.09. The second-order valence-electron chi connectivity index (χ2n) is 5.13. The summed E-state index contributed by atoms with van der Waals surface area (Å²) < 4.78 is 26.0. The Morgan fingerprint density at radius 2 is 2.16 bits per heavy atom. The predicted octanol–water partition coefficient (Wildman–Crippen LogP) is 0.969. The number of aromatic amines is 1. The van der Waals surface area contributed by atoms with Gasteiger partial charge in [-0.1, -0.05) is 13.8 Å². The zero-order chi connectivity index (χ0) is 14.5. The highest BCUT2D eigenvalue weighted by atomic mass is 32.2. The van der Waals surface area contributed by atoms with Crippen molar-refractivity contribution in [3.63, 3.8) is 0 Å². The van der Waals surface area contributed by atoms with Crippen molar-refractivity contribution in [3.05, 3.63) is 12.3 Å². The van der Waals surface area contributed by atoms with Crippen molar-refractivity contribution >= 4 is 16.0 Å². The Morgan fingerprint density at radius 3 is 2.68 bits per heavy atom. The number of rotatable bonds is 8. The van der Waals surface area contributed by atoms with Crippen molar-refractivity contribution in [2.45, 2.75) is 38.1 Å². The van der Waals surface area contributed by atoms with Gasteiger partial charge in [0.05, 0.1) is 6.20 Å². The van der Waals surface area contributed by atoms with Crippen molar-refractivity contribution in [1.29, 1.82) is 0 Å². The number of hydrogen-bond donors (Lipinski definition) is 3. The Hall–Kier alpha value is -1.41. The van der Waals surface area contributed by atoms with Crippen LogP contribution in [0.1, 0.15) is 33.1 Å². The molecule has 0 radical (unpaired) electrons. The molecule has 0 amide bonds. The summed E-state index contributed by atoms with van der Waals surface area (Å²) in [4.78, 5) is 10.5. The minimum absolute atomic E-state index is 0.0239. The molecule has 1 heterocycles. The summed E-state index contributed by atoms with van der Waals surface area (Å²) in [6.07, 6.45) is 2.52. The number of carbonyl (C=O) groups is 1. The third kappa shape index (κ3) is 5.39. The Labute approximate surface area is 112 Å². The number of aromatic nitrogens is 2. The van der Waals surface area contributed by atoms with E-state index in [0.717, 1.165) is 0 Å². The number of hydrogen-bond acceptors (Lipinski definition) is 4. The number of aliphatic carboxylic acids is 1. The van der Waals surface area contributed by atoms with Crippen LogP contribution in [0.4, 0.5) is 0 Å². The van der Waals surface area contributed by atoms with Crippen molar-refractivity contribution in [3.8, 4) is 0 Å². The molecule has 8 heteroatoms. The van der Waals surface area contributed by atoms with Crippen LogP contribution in [-0.2, 0) is 14.8 Å². The average molecular weight is 289 g/mol. The molecule has 1 aromatic rings. The fourth-order valence-corrected chi connectivity index (χ4v) is 2.50. The van der Waals surface area contributed by atoms with Gasteiger partial charge in [0.1, 0.15) is 0 Å². The van der Waals surface area contributed by atoms with E-state index < -0.39 is 16.0 Å². The molecular weight excluding hydrogens is 270 g/mol. The van der Waals surface area contributed by atoms with E-state index in [0.29, 0.717) is 12.8 Å². The van der Waals surface area contributed by atoms with Crippen LogP contribution < -0.4 is 4.72 Å². The van der Waals surface area contributed by atoms with Gasteiger partial charge in [-0.25, -0.2) is 13.1 Å². The molecule has 0 atom stereocenters. The fraction of sp³-hybridized carbons (Fsp3) is 0.636. The molecule has 0 aliphatic rings. The lowest BCUT2D eigenvalue weighted by molar-refractivity contribution is -0.137. The molecule has 1 aromatic heterocycles. The third-order valence-corrected chi connectivity index (χ3v) is 4.26. The number of carboxylic acids is 1. The Kier molecular flexibility index (Phi) is 5.07. The molecular formula is C11H19N3O4S. The van der Waals surface area contributed by atoms with Gasteiger partial charge in [-0.3, -0.25) is 9.89 Å². The number of H-pyrrole nitrogens is 1. The first-order chi connectivity index (χ1) is 8.73. The van der Waals surface area contributed by atoms with Crippen molar-refractivity contribution in [2.24, 2.45) is 5.41 Å². The molecule has 0 saturated carbocycles. The first-order valence-corrected chi connectivity index (χ1v) is 7.42. The van der Waals surface area contributed by atoms with E-state index in [4.69, 9.17) is 5.11 Å². The molecule has 7 nitrogen and oxygen atoms in total. The van der Waals surface area contributed by atoms with Crippen LogP contribution in [0.15, 0.2) is 17.3 Å². The summed E-state index contributed by atoms with van der Waals surface area (Å²) in [5, 5.41) is 14.6. The zero-order valence-corrected chi connectivity index (χ0v) is 11.8. The van der Waals surface area contributed by atoms with Gasteiger partial charge >= 0.3 is 5.97 Å². The van der Waals surface area contributed by atoms with E-state index in [1.165, 1.54) is 12.3 Å². The molecule has 19 heavy (non-hydrogen) atoms. The minimum atomic E-state index is -3.56. The molecule has 0 aromatic carbocycles. The molecule has 0 saturated heterocycles. The van der Waals surface area contributed by atoms with Crippen LogP contribution in [0.25, 0.3) is 0 Å². The van der Waals surface area contributed by atoms with Gasteiger partial charge in [0, 0.05) is 13.0 Å². The highest BCUT2D eigenvalue weighted by Crippen LogP contribution is 2.26. The number of nitrogens with one attached hydrogen (secondary N) is 2. The lowest BCUT2D eigenvalue weighted by Gasteiger charge is -2.23. The van der Waals surface area contributed by atoms with Crippen LogP contribution in [0.3, 0.4) is 0 Å². The van der Waals surface area contributed by atoms with E-state index in [1.54, 1.807) is 0 Å². The van der Waals surface area contributed by atoms with Gasteiger partial charge in [0.2, 0.25) is 0 Å². The Balaban J connectivity index is 2.43. The topological polar surface area (TPSA) is 112 Å². The van der Waals surface area contributed by atoms with Gasteiger partial charge in [-0.15, -0.1) is 0 Å². The van der Waals surface area contributed by atoms with Crippen LogP contribution in [0, 0.1) is 5.41 Å². The maximum atomic E-state index is 11.8. The van der Waals surface area contributed by atoms with Gasteiger partial charge in [0.25, 0.3) is 10.0 Å². The average Bonchev–Trinajstić information content (AvgIpc) is 2.80. The third-order valence-electron chi connectivity index (χ3n) is 2.87. The summed E-state index contributed by atoms with van der Waals surface area (Å²) in [5.74, 6) is -0.842. The molecule has 0 aliphatic carbocycles. The van der Waals surface area contributed by atoms with Gasteiger partial charge in [-0.05, 0) is 24.3 Å². The Bertz CT molecular complexity index is 508. The Morgan fingerprint density at radius 1 is 1.47 bits per heavy atom. The molecule has 0 bridgehead atoms. The second-order valence-corrected chi connectivity index (χ2v) is 6.86. The molecule has 0 unspecified atom stereocenters. The van der Waals surface area contributed by atoms with Crippen LogP contribution in [0.5, 0.6) is 0 Å². The molecule has 0 fully saturated rings. The lowest BCUT2D eigenvalue weighted by Crippen LogP contribution is -2.28. The highest BCUT2D eigenvalue weighted by molar-refractivity contribution is 7.89. The lowest BCUT2D eigenvalue weighted by atomic mass is 9.84. The smallest absolute Gasteiger partial charge is 0.303 e. The van der Waals surface area contributed by atoms with E-state index in [2.05, 4.69) is 14.9 Å². The van der Waals surface area contributed by atoms with E-state index >= 15 is 0 Å². The van der Waals surface area contributed by atoms with E-state index in [1.807, 2.05) is 13.8 Å². The number of carboxylic acid groups (broad SMARTS) is 1. The van der Waals surface area contributed by atoms with E-state index in [9.17, 15) is 13.2 Å². The predicted molar refractivity (Wildman–Crippen MR) is 69.0 cm³/mol. The molecule has 1 rings (SSSR count). The van der Waals surface area contributed by atoms with Crippen molar-refractivity contribution in [2.75, 3.05) is 6.54 Å². The van der Waals surface area contributed by atoms with Gasteiger partial charge < -0.3 is 5.11 Å².